The number of nitrogens with one attached hydrogen (secondary N) is 2. The third kappa shape index (κ3) is 3.07. The predicted molar refractivity (Wildman–Crippen MR) is 69.0 cm³/mol. The van der Waals surface area contributed by atoms with Crippen LogP contribution < -0.4 is 16.4 Å². The van der Waals surface area contributed by atoms with Crippen molar-refractivity contribution in [3.8, 4) is 0 Å². The van der Waals surface area contributed by atoms with Crippen LogP contribution in [-0.4, -0.2) is 25.5 Å². The standard InChI is InChI=1S/C13H16FN3O/c14-10-1-2-12(11(7-10)13(15)18)17-8-9-3-5-16-6-4-9/h1-3,7,16-17H,4-6,8H2,(H2,15,18). The Balaban J connectivity index is 2.08. The molecule has 1 heterocycles. The van der Waals surface area contributed by atoms with Crippen molar-refractivity contribution < 1.29 is 9.18 Å². The van der Waals surface area contributed by atoms with Gasteiger partial charge >= 0.3 is 0 Å². The Bertz CT molecular complexity index is 485. The molecule has 0 saturated heterocycles. The number of carbonyl (C=O) groups excluding carboxylic acids is 1. The van der Waals surface area contributed by atoms with Gasteiger partial charge in [-0.05, 0) is 31.2 Å². The van der Waals surface area contributed by atoms with Gasteiger partial charge in [-0.1, -0.05) is 11.6 Å². The minimum Gasteiger partial charge on any atom is -0.381 e. The van der Waals surface area contributed by atoms with Crippen LogP contribution in [0.2, 0.25) is 0 Å². The zero-order chi connectivity index (χ0) is 13.0. The van der Waals surface area contributed by atoms with Crippen molar-refractivity contribution in [1.29, 1.82) is 0 Å². The number of benzene rings is 1. The fourth-order valence-corrected chi connectivity index (χ4v) is 1.91. The van der Waals surface area contributed by atoms with Crippen LogP contribution in [0, 0.1) is 5.82 Å². The Hall–Kier alpha value is -1.88. The quantitative estimate of drug-likeness (QED) is 0.704. The third-order valence-corrected chi connectivity index (χ3v) is 2.91. The van der Waals surface area contributed by atoms with E-state index in [9.17, 15) is 9.18 Å². The average molecular weight is 249 g/mol. The maximum absolute atomic E-state index is 13.0. The van der Waals surface area contributed by atoms with E-state index in [2.05, 4.69) is 16.7 Å². The average Bonchev–Trinajstić information content (AvgIpc) is 2.38. The molecule has 96 valence electrons. The minimum absolute atomic E-state index is 0.185. The van der Waals surface area contributed by atoms with E-state index in [1.54, 1.807) is 0 Å². The summed E-state index contributed by atoms with van der Waals surface area (Å²) in [5, 5.41) is 6.35. The molecule has 0 unspecified atom stereocenters. The molecule has 1 amide bonds. The Morgan fingerprint density at radius 2 is 2.33 bits per heavy atom. The van der Waals surface area contributed by atoms with Crippen molar-refractivity contribution in [1.82, 2.24) is 5.32 Å². The summed E-state index contributed by atoms with van der Waals surface area (Å²) < 4.78 is 13.0. The molecule has 1 aliphatic rings. The summed E-state index contributed by atoms with van der Waals surface area (Å²) in [6, 6.07) is 4.00. The Kier molecular flexibility index (Phi) is 3.94. The smallest absolute Gasteiger partial charge is 0.250 e. The Morgan fingerprint density at radius 1 is 1.50 bits per heavy atom. The first-order valence-corrected chi connectivity index (χ1v) is 5.88. The van der Waals surface area contributed by atoms with E-state index in [1.165, 1.54) is 17.7 Å². The van der Waals surface area contributed by atoms with Crippen molar-refractivity contribution in [2.45, 2.75) is 6.42 Å². The van der Waals surface area contributed by atoms with Crippen LogP contribution in [-0.2, 0) is 0 Å². The van der Waals surface area contributed by atoms with Crippen molar-refractivity contribution in [3.05, 3.63) is 41.2 Å². The van der Waals surface area contributed by atoms with Gasteiger partial charge in [0.25, 0.3) is 5.91 Å². The number of amides is 1. The van der Waals surface area contributed by atoms with Gasteiger partial charge < -0.3 is 16.4 Å². The molecule has 0 bridgehead atoms. The van der Waals surface area contributed by atoms with Gasteiger partial charge in [-0.15, -0.1) is 0 Å². The van der Waals surface area contributed by atoms with E-state index in [0.717, 1.165) is 25.6 Å². The van der Waals surface area contributed by atoms with Crippen LogP contribution in [0.5, 0.6) is 0 Å². The lowest BCUT2D eigenvalue weighted by molar-refractivity contribution is 0.100. The molecule has 0 radical (unpaired) electrons. The third-order valence-electron chi connectivity index (χ3n) is 2.91. The van der Waals surface area contributed by atoms with Crippen LogP contribution in [0.3, 0.4) is 0 Å². The molecule has 5 heteroatoms. The van der Waals surface area contributed by atoms with Crippen LogP contribution in [0.25, 0.3) is 0 Å². The van der Waals surface area contributed by atoms with E-state index < -0.39 is 11.7 Å². The first kappa shape index (κ1) is 12.6. The lowest BCUT2D eigenvalue weighted by Gasteiger charge is -2.16. The molecule has 1 aromatic carbocycles. The number of carbonyl (C=O) groups is 1. The normalized spacial score (nSPS) is 15.1. The summed E-state index contributed by atoms with van der Waals surface area (Å²) in [5.41, 5.74) is 7.25. The van der Waals surface area contributed by atoms with Gasteiger partial charge in [0.1, 0.15) is 5.82 Å². The maximum atomic E-state index is 13.0. The molecule has 0 spiro atoms. The molecule has 4 N–H and O–H groups in total. The zero-order valence-corrected chi connectivity index (χ0v) is 10.0. The highest BCUT2D eigenvalue weighted by molar-refractivity contribution is 5.98. The minimum atomic E-state index is -0.628. The summed E-state index contributed by atoms with van der Waals surface area (Å²) in [6.45, 7) is 2.47. The van der Waals surface area contributed by atoms with Crippen LogP contribution in [0.4, 0.5) is 10.1 Å². The van der Waals surface area contributed by atoms with Gasteiger partial charge in [0.2, 0.25) is 0 Å². The van der Waals surface area contributed by atoms with E-state index in [1.807, 2.05) is 0 Å². The van der Waals surface area contributed by atoms with Gasteiger partial charge in [-0.3, -0.25) is 4.79 Å². The molecule has 4 nitrogen and oxygen atoms in total. The molecule has 1 aliphatic heterocycles. The van der Waals surface area contributed by atoms with E-state index >= 15 is 0 Å². The molecule has 0 aliphatic carbocycles. The molecule has 2 rings (SSSR count). The van der Waals surface area contributed by atoms with Gasteiger partial charge in [0.15, 0.2) is 0 Å². The number of hydrogen-bond donors (Lipinski definition) is 3. The van der Waals surface area contributed by atoms with Crippen molar-refractivity contribution >= 4 is 11.6 Å². The molecule has 0 fully saturated rings. The first-order valence-electron chi connectivity index (χ1n) is 5.88. The lowest BCUT2D eigenvalue weighted by Crippen LogP contribution is -2.23. The molecular weight excluding hydrogens is 233 g/mol. The van der Waals surface area contributed by atoms with E-state index in [0.29, 0.717) is 12.2 Å². The molecule has 0 atom stereocenters. The summed E-state index contributed by atoms with van der Waals surface area (Å²) in [6.07, 6.45) is 3.09. The van der Waals surface area contributed by atoms with Gasteiger partial charge in [-0.2, -0.15) is 0 Å². The second-order valence-electron chi connectivity index (χ2n) is 4.22. The SMILES string of the molecule is NC(=O)c1cc(F)ccc1NCC1=CCNCC1. The number of hydrogen-bond acceptors (Lipinski definition) is 3. The van der Waals surface area contributed by atoms with Crippen LogP contribution in [0.15, 0.2) is 29.8 Å². The number of halogens is 1. The predicted octanol–water partition coefficient (Wildman–Crippen LogP) is 1.26. The highest BCUT2D eigenvalue weighted by Crippen LogP contribution is 2.17. The largest absolute Gasteiger partial charge is 0.381 e. The topological polar surface area (TPSA) is 67.2 Å². The van der Waals surface area contributed by atoms with Gasteiger partial charge in [-0.25, -0.2) is 4.39 Å². The summed E-state index contributed by atoms with van der Waals surface area (Å²) in [4.78, 5) is 11.2. The number of anilines is 1. The molecule has 1 aromatic rings. The molecule has 0 saturated carbocycles. The van der Waals surface area contributed by atoms with E-state index in [-0.39, 0.29) is 5.56 Å². The van der Waals surface area contributed by atoms with Crippen molar-refractivity contribution in [2.75, 3.05) is 25.0 Å². The fraction of sp³-hybridized carbons (Fsp3) is 0.308. The monoisotopic (exact) mass is 249 g/mol. The fourth-order valence-electron chi connectivity index (χ4n) is 1.91. The summed E-state index contributed by atoms with van der Waals surface area (Å²) in [7, 11) is 0. The summed E-state index contributed by atoms with van der Waals surface area (Å²) >= 11 is 0. The molecule has 0 aromatic heterocycles. The van der Waals surface area contributed by atoms with Crippen LogP contribution >= 0.6 is 0 Å². The van der Waals surface area contributed by atoms with Gasteiger partial charge in [0.05, 0.1) is 5.56 Å². The highest BCUT2D eigenvalue weighted by Gasteiger charge is 2.10. The zero-order valence-electron chi connectivity index (χ0n) is 10.0. The molecule has 18 heavy (non-hydrogen) atoms. The van der Waals surface area contributed by atoms with Crippen molar-refractivity contribution in [2.24, 2.45) is 5.73 Å². The Morgan fingerprint density at radius 3 is 3.00 bits per heavy atom. The number of nitrogens with two attached hydrogens (primary N) is 1. The van der Waals surface area contributed by atoms with Crippen LogP contribution in [0.1, 0.15) is 16.8 Å². The second-order valence-corrected chi connectivity index (χ2v) is 4.22. The Labute approximate surface area is 105 Å². The number of primary amides is 1. The van der Waals surface area contributed by atoms with E-state index in [4.69, 9.17) is 5.73 Å². The highest BCUT2D eigenvalue weighted by atomic mass is 19.1. The van der Waals surface area contributed by atoms with Gasteiger partial charge in [0, 0.05) is 18.8 Å². The number of rotatable bonds is 4. The lowest BCUT2D eigenvalue weighted by atomic mass is 10.1. The molecular formula is C13H16FN3O. The maximum Gasteiger partial charge on any atom is 0.250 e. The summed E-state index contributed by atoms with van der Waals surface area (Å²) in [5.74, 6) is -1.09. The second kappa shape index (κ2) is 5.64. The van der Waals surface area contributed by atoms with Crippen molar-refractivity contribution in [3.63, 3.8) is 0 Å². The first-order chi connectivity index (χ1) is 8.66.